The highest BCUT2D eigenvalue weighted by Gasteiger charge is 2.26. The number of benzene rings is 1. The molecule has 1 aliphatic rings. The third-order valence-electron chi connectivity index (χ3n) is 4.27. The van der Waals surface area contributed by atoms with E-state index in [2.05, 4.69) is 66.3 Å². The highest BCUT2D eigenvalue weighted by Crippen LogP contribution is 2.30. The summed E-state index contributed by atoms with van der Waals surface area (Å²) in [6.45, 7) is 7.04. The van der Waals surface area contributed by atoms with E-state index in [1.54, 1.807) is 0 Å². The van der Waals surface area contributed by atoms with E-state index in [0.29, 0.717) is 12.1 Å². The van der Waals surface area contributed by atoms with Gasteiger partial charge in [0.15, 0.2) is 0 Å². The van der Waals surface area contributed by atoms with Gasteiger partial charge in [0.25, 0.3) is 0 Å². The van der Waals surface area contributed by atoms with Crippen molar-refractivity contribution in [3.05, 3.63) is 34.3 Å². The van der Waals surface area contributed by atoms with Gasteiger partial charge in [-0.15, -0.1) is 0 Å². The molecule has 0 radical (unpaired) electrons. The Morgan fingerprint density at radius 1 is 1.17 bits per heavy atom. The van der Waals surface area contributed by atoms with Crippen molar-refractivity contribution in [2.45, 2.75) is 52.1 Å². The van der Waals surface area contributed by atoms with Crippen LogP contribution < -0.4 is 5.32 Å². The summed E-state index contributed by atoms with van der Waals surface area (Å²) in [7, 11) is 0. The zero-order chi connectivity index (χ0) is 13.1. The molecule has 0 bridgehead atoms. The summed E-state index contributed by atoms with van der Waals surface area (Å²) < 4.78 is 1.15. The molecule has 18 heavy (non-hydrogen) atoms. The van der Waals surface area contributed by atoms with Crippen LogP contribution in [0.2, 0.25) is 0 Å². The Labute approximate surface area is 119 Å². The Kier molecular flexibility index (Phi) is 4.85. The topological polar surface area (TPSA) is 12.0 Å². The summed E-state index contributed by atoms with van der Waals surface area (Å²) in [6, 6.07) is 9.79. The molecular formula is C16H24BrN. The average Bonchev–Trinajstić information content (AvgIpc) is 2.33. The molecule has 0 spiro atoms. The van der Waals surface area contributed by atoms with E-state index >= 15 is 0 Å². The normalized spacial score (nSPS) is 30.1. The van der Waals surface area contributed by atoms with E-state index in [1.807, 2.05) is 0 Å². The Hall–Kier alpha value is -0.340. The van der Waals surface area contributed by atoms with Crippen LogP contribution in [0.5, 0.6) is 0 Å². The molecule has 1 aliphatic carbocycles. The molecule has 3 unspecified atom stereocenters. The fourth-order valence-corrected chi connectivity index (χ4v) is 3.35. The van der Waals surface area contributed by atoms with Crippen LogP contribution in [0, 0.1) is 11.8 Å². The summed E-state index contributed by atoms with van der Waals surface area (Å²) in [5, 5.41) is 3.81. The van der Waals surface area contributed by atoms with Gasteiger partial charge < -0.3 is 5.32 Å². The molecule has 2 rings (SSSR count). The lowest BCUT2D eigenvalue weighted by atomic mass is 9.79. The van der Waals surface area contributed by atoms with Gasteiger partial charge >= 0.3 is 0 Å². The van der Waals surface area contributed by atoms with E-state index in [-0.39, 0.29) is 0 Å². The molecule has 1 aromatic carbocycles. The van der Waals surface area contributed by atoms with Crippen molar-refractivity contribution in [3.63, 3.8) is 0 Å². The summed E-state index contributed by atoms with van der Waals surface area (Å²) in [4.78, 5) is 0. The second-order valence-electron chi connectivity index (χ2n) is 5.94. The van der Waals surface area contributed by atoms with Crippen LogP contribution in [0.3, 0.4) is 0 Å². The second-order valence-corrected chi connectivity index (χ2v) is 6.86. The lowest BCUT2D eigenvalue weighted by molar-refractivity contribution is 0.216. The molecule has 0 aliphatic heterocycles. The number of hydrogen-bond donors (Lipinski definition) is 1. The number of rotatable bonds is 3. The van der Waals surface area contributed by atoms with Crippen molar-refractivity contribution >= 4 is 15.9 Å². The monoisotopic (exact) mass is 309 g/mol. The van der Waals surface area contributed by atoms with Gasteiger partial charge in [-0.1, -0.05) is 41.9 Å². The zero-order valence-corrected chi connectivity index (χ0v) is 13.2. The van der Waals surface area contributed by atoms with Crippen molar-refractivity contribution < 1.29 is 0 Å². The highest BCUT2D eigenvalue weighted by atomic mass is 79.9. The maximum Gasteiger partial charge on any atom is 0.0294 e. The lowest BCUT2D eigenvalue weighted by Crippen LogP contribution is -2.40. The van der Waals surface area contributed by atoms with E-state index in [9.17, 15) is 0 Å². The van der Waals surface area contributed by atoms with Gasteiger partial charge in [0.2, 0.25) is 0 Å². The van der Waals surface area contributed by atoms with Crippen LogP contribution in [-0.2, 0) is 0 Å². The fraction of sp³-hybridized carbons (Fsp3) is 0.625. The van der Waals surface area contributed by atoms with E-state index in [4.69, 9.17) is 0 Å². The molecule has 100 valence electrons. The van der Waals surface area contributed by atoms with Gasteiger partial charge in [-0.3, -0.25) is 0 Å². The molecule has 2 heteroatoms. The molecule has 0 heterocycles. The molecule has 1 nitrogen and oxygen atoms in total. The van der Waals surface area contributed by atoms with Crippen LogP contribution in [-0.4, -0.2) is 6.04 Å². The summed E-state index contributed by atoms with van der Waals surface area (Å²) in [5.74, 6) is 1.70. The average molecular weight is 310 g/mol. The predicted molar refractivity (Wildman–Crippen MR) is 81.7 cm³/mol. The molecule has 1 N–H and O–H groups in total. The number of hydrogen-bond acceptors (Lipinski definition) is 1. The Bertz CT molecular complexity index is 373. The fourth-order valence-electron chi connectivity index (χ4n) is 3.08. The molecule has 1 aromatic rings. The standard InChI is InChI=1S/C16H24BrN/c1-11-4-9-16(12(2)10-11)18-13(3)14-5-7-15(17)8-6-14/h5-8,11-13,16,18H,4,9-10H2,1-3H3/t11?,12?,13-,16?/m0/s1. The largest absolute Gasteiger partial charge is 0.307 e. The Morgan fingerprint density at radius 3 is 2.44 bits per heavy atom. The van der Waals surface area contributed by atoms with Crippen LogP contribution in [0.4, 0.5) is 0 Å². The van der Waals surface area contributed by atoms with E-state index in [1.165, 1.54) is 24.8 Å². The lowest BCUT2D eigenvalue weighted by Gasteiger charge is -2.35. The minimum absolute atomic E-state index is 0.443. The zero-order valence-electron chi connectivity index (χ0n) is 11.6. The van der Waals surface area contributed by atoms with Gasteiger partial charge in [0, 0.05) is 16.6 Å². The second kappa shape index (κ2) is 6.21. The summed E-state index contributed by atoms with van der Waals surface area (Å²) in [6.07, 6.45) is 4.06. The SMILES string of the molecule is CC1CCC(N[C@@H](C)c2ccc(Br)cc2)C(C)C1. The van der Waals surface area contributed by atoms with Gasteiger partial charge in [0.05, 0.1) is 0 Å². The van der Waals surface area contributed by atoms with Crippen molar-refractivity contribution in [3.8, 4) is 0 Å². The summed E-state index contributed by atoms with van der Waals surface area (Å²) in [5.41, 5.74) is 1.38. The van der Waals surface area contributed by atoms with Gasteiger partial charge in [-0.25, -0.2) is 0 Å². The van der Waals surface area contributed by atoms with Crippen LogP contribution >= 0.6 is 15.9 Å². The first-order valence-electron chi connectivity index (χ1n) is 7.07. The maximum atomic E-state index is 3.81. The highest BCUT2D eigenvalue weighted by molar-refractivity contribution is 9.10. The van der Waals surface area contributed by atoms with Gasteiger partial charge in [-0.2, -0.15) is 0 Å². The number of halogens is 1. The molecule has 0 amide bonds. The Morgan fingerprint density at radius 2 is 1.83 bits per heavy atom. The molecule has 0 aromatic heterocycles. The predicted octanol–water partition coefficient (Wildman–Crippen LogP) is 4.92. The van der Waals surface area contributed by atoms with Crippen LogP contribution in [0.25, 0.3) is 0 Å². The van der Waals surface area contributed by atoms with Gasteiger partial charge in [0.1, 0.15) is 0 Å². The van der Waals surface area contributed by atoms with Crippen LogP contribution in [0.15, 0.2) is 28.7 Å². The molecular weight excluding hydrogens is 286 g/mol. The van der Waals surface area contributed by atoms with Crippen molar-refractivity contribution in [2.24, 2.45) is 11.8 Å². The smallest absolute Gasteiger partial charge is 0.0294 e. The molecule has 1 fully saturated rings. The van der Waals surface area contributed by atoms with Crippen molar-refractivity contribution in [2.75, 3.05) is 0 Å². The molecule has 0 saturated heterocycles. The van der Waals surface area contributed by atoms with Gasteiger partial charge in [-0.05, 0) is 55.7 Å². The first kappa shape index (κ1) is 14.1. The molecule has 4 atom stereocenters. The third kappa shape index (κ3) is 3.58. The third-order valence-corrected chi connectivity index (χ3v) is 4.79. The minimum atomic E-state index is 0.443. The van der Waals surface area contributed by atoms with Crippen molar-refractivity contribution in [1.29, 1.82) is 0 Å². The quantitative estimate of drug-likeness (QED) is 0.835. The molecule has 1 saturated carbocycles. The first-order chi connectivity index (χ1) is 8.56. The minimum Gasteiger partial charge on any atom is -0.307 e. The maximum absolute atomic E-state index is 3.81. The van der Waals surface area contributed by atoms with Crippen LogP contribution in [0.1, 0.15) is 51.6 Å². The van der Waals surface area contributed by atoms with E-state index in [0.717, 1.165) is 16.3 Å². The summed E-state index contributed by atoms with van der Waals surface area (Å²) >= 11 is 3.49. The first-order valence-corrected chi connectivity index (χ1v) is 7.87. The van der Waals surface area contributed by atoms with Crippen molar-refractivity contribution in [1.82, 2.24) is 5.32 Å². The van der Waals surface area contributed by atoms with E-state index < -0.39 is 0 Å². The number of nitrogens with one attached hydrogen (secondary N) is 1. The Balaban J connectivity index is 1.94.